The number of pyridine rings is 1. The number of benzene rings is 3. The number of alkyl halides is 3. The van der Waals surface area contributed by atoms with Crippen molar-refractivity contribution >= 4 is 49.8 Å². The minimum absolute atomic E-state index is 0.226. The van der Waals surface area contributed by atoms with Gasteiger partial charge in [-0.25, -0.2) is 0 Å². The molecular formula is C23H15BrF3N3O. The molecule has 0 unspecified atom stereocenters. The second-order valence-electron chi connectivity index (χ2n) is 6.76. The van der Waals surface area contributed by atoms with Crippen molar-refractivity contribution in [3.63, 3.8) is 0 Å². The topological polar surface area (TPSA) is 54.0 Å². The number of carbonyl (C=O) groups excluding carboxylic acids is 1. The number of amides is 1. The Bertz CT molecular complexity index is 1260. The summed E-state index contributed by atoms with van der Waals surface area (Å²) in [6.07, 6.45) is -3.00. The second kappa shape index (κ2) is 8.39. The van der Waals surface area contributed by atoms with Gasteiger partial charge in [-0.15, -0.1) is 0 Å². The molecule has 0 saturated carbocycles. The number of hydrogen-bond acceptors (Lipinski definition) is 3. The number of hydrogen-bond donors (Lipinski definition) is 2. The van der Waals surface area contributed by atoms with E-state index in [4.69, 9.17) is 0 Å². The van der Waals surface area contributed by atoms with Gasteiger partial charge in [-0.3, -0.25) is 9.78 Å². The average molecular weight is 486 g/mol. The molecule has 4 aromatic rings. The molecule has 0 bridgehead atoms. The van der Waals surface area contributed by atoms with Gasteiger partial charge in [0.05, 0.1) is 11.1 Å². The van der Waals surface area contributed by atoms with Crippen LogP contribution in [-0.2, 0) is 6.18 Å². The van der Waals surface area contributed by atoms with Crippen LogP contribution in [0.3, 0.4) is 0 Å². The van der Waals surface area contributed by atoms with Crippen molar-refractivity contribution in [2.75, 3.05) is 10.6 Å². The molecule has 4 rings (SSSR count). The lowest BCUT2D eigenvalue weighted by Crippen LogP contribution is -2.12. The summed E-state index contributed by atoms with van der Waals surface area (Å²) in [5.41, 5.74) is 1.78. The van der Waals surface area contributed by atoms with Gasteiger partial charge in [-0.05, 0) is 60.7 Å². The fraction of sp³-hybridized carbons (Fsp3) is 0.0435. The summed E-state index contributed by atoms with van der Waals surface area (Å²) in [5, 5.41) is 6.53. The number of nitrogens with one attached hydrogen (secondary N) is 2. The van der Waals surface area contributed by atoms with Gasteiger partial charge in [0.2, 0.25) is 0 Å². The Morgan fingerprint density at radius 2 is 1.68 bits per heavy atom. The number of nitrogens with zero attached hydrogens (tertiary/aromatic N) is 1. The summed E-state index contributed by atoms with van der Waals surface area (Å²) in [6.45, 7) is 0. The molecule has 4 nitrogen and oxygen atoms in total. The van der Waals surface area contributed by atoms with Gasteiger partial charge < -0.3 is 10.6 Å². The van der Waals surface area contributed by atoms with E-state index >= 15 is 0 Å². The third-order valence-corrected chi connectivity index (χ3v) is 5.10. The van der Waals surface area contributed by atoms with E-state index in [1.807, 2.05) is 12.1 Å². The maximum absolute atomic E-state index is 13.0. The Balaban J connectivity index is 1.58. The van der Waals surface area contributed by atoms with Gasteiger partial charge in [0, 0.05) is 38.7 Å². The summed E-state index contributed by atoms with van der Waals surface area (Å²) < 4.78 is 39.8. The molecule has 1 aromatic heterocycles. The van der Waals surface area contributed by atoms with Crippen molar-refractivity contribution in [3.8, 4) is 0 Å². The first kappa shape index (κ1) is 20.9. The van der Waals surface area contributed by atoms with Crippen molar-refractivity contribution in [1.82, 2.24) is 4.98 Å². The van der Waals surface area contributed by atoms with E-state index < -0.39 is 11.7 Å². The summed E-state index contributed by atoms with van der Waals surface area (Å²) in [4.78, 5) is 16.6. The van der Waals surface area contributed by atoms with E-state index in [9.17, 15) is 18.0 Å². The summed E-state index contributed by atoms with van der Waals surface area (Å²) in [5.74, 6) is -0.277. The zero-order chi connectivity index (χ0) is 22.0. The predicted octanol–water partition coefficient (Wildman–Crippen LogP) is 7.01. The molecule has 0 aliphatic heterocycles. The number of carbonyl (C=O) groups is 1. The fourth-order valence-corrected chi connectivity index (χ4v) is 3.33. The summed E-state index contributed by atoms with van der Waals surface area (Å²) >= 11 is 3.35. The van der Waals surface area contributed by atoms with Gasteiger partial charge >= 0.3 is 6.18 Å². The predicted molar refractivity (Wildman–Crippen MR) is 119 cm³/mol. The molecule has 2 N–H and O–H groups in total. The summed E-state index contributed by atoms with van der Waals surface area (Å²) in [7, 11) is 0. The molecule has 1 amide bonds. The number of rotatable bonds is 4. The maximum Gasteiger partial charge on any atom is 0.416 e. The van der Waals surface area contributed by atoms with E-state index in [2.05, 4.69) is 31.5 Å². The lowest BCUT2D eigenvalue weighted by Gasteiger charge is -2.12. The molecule has 0 spiro atoms. The van der Waals surface area contributed by atoms with Gasteiger partial charge in [-0.1, -0.05) is 28.1 Å². The molecular weight excluding hydrogens is 471 g/mol. The Morgan fingerprint density at radius 3 is 2.42 bits per heavy atom. The zero-order valence-corrected chi connectivity index (χ0v) is 17.5. The monoisotopic (exact) mass is 485 g/mol. The molecule has 3 aromatic carbocycles. The molecule has 0 aliphatic rings. The number of halogens is 4. The standard InChI is InChI=1S/C23H15BrF3N3O/c24-16-5-7-17(8-6-16)30-22(31)14-2-1-3-18(12-14)29-20-10-11-28-21-13-15(23(25,26)27)4-9-19(20)21/h1-13H,(H,28,29)(H,30,31). The van der Waals surface area contributed by atoms with Gasteiger partial charge in [0.1, 0.15) is 0 Å². The number of anilines is 3. The fourth-order valence-electron chi connectivity index (χ4n) is 3.06. The second-order valence-corrected chi connectivity index (χ2v) is 7.67. The molecule has 156 valence electrons. The number of fused-ring (bicyclic) bond motifs is 1. The maximum atomic E-state index is 13.0. The van der Waals surface area contributed by atoms with Crippen LogP contribution in [0.25, 0.3) is 10.9 Å². The van der Waals surface area contributed by atoms with Crippen molar-refractivity contribution in [1.29, 1.82) is 0 Å². The van der Waals surface area contributed by atoms with E-state index in [-0.39, 0.29) is 11.4 Å². The minimum atomic E-state index is -4.43. The van der Waals surface area contributed by atoms with E-state index in [0.717, 1.165) is 16.6 Å². The van der Waals surface area contributed by atoms with Crippen LogP contribution in [0.4, 0.5) is 30.2 Å². The van der Waals surface area contributed by atoms with Gasteiger partial charge in [-0.2, -0.15) is 13.2 Å². The van der Waals surface area contributed by atoms with E-state index in [0.29, 0.717) is 28.0 Å². The Labute approximate surface area is 184 Å². The summed E-state index contributed by atoms with van der Waals surface area (Å²) in [6, 6.07) is 19.2. The Hall–Kier alpha value is -3.39. The first-order valence-electron chi connectivity index (χ1n) is 9.19. The van der Waals surface area contributed by atoms with Crippen LogP contribution >= 0.6 is 15.9 Å². The third-order valence-electron chi connectivity index (χ3n) is 4.58. The lowest BCUT2D eigenvalue weighted by atomic mass is 10.1. The first-order valence-corrected chi connectivity index (χ1v) is 9.99. The van der Waals surface area contributed by atoms with Crippen molar-refractivity contribution in [2.24, 2.45) is 0 Å². The van der Waals surface area contributed by atoms with Crippen molar-refractivity contribution in [3.05, 3.63) is 94.6 Å². The Morgan fingerprint density at radius 1 is 0.903 bits per heavy atom. The molecule has 0 fully saturated rings. The SMILES string of the molecule is O=C(Nc1ccc(Br)cc1)c1cccc(Nc2ccnc3cc(C(F)(F)F)ccc23)c1. The number of aromatic nitrogens is 1. The normalized spacial score (nSPS) is 11.4. The molecule has 0 atom stereocenters. The minimum Gasteiger partial charge on any atom is -0.355 e. The largest absolute Gasteiger partial charge is 0.416 e. The van der Waals surface area contributed by atoms with Crippen LogP contribution < -0.4 is 10.6 Å². The molecule has 0 aliphatic carbocycles. The molecule has 31 heavy (non-hydrogen) atoms. The molecule has 0 saturated heterocycles. The van der Waals surface area contributed by atoms with Crippen LogP contribution in [0.15, 0.2) is 83.5 Å². The van der Waals surface area contributed by atoms with Crippen LogP contribution in [0.1, 0.15) is 15.9 Å². The highest BCUT2D eigenvalue weighted by Gasteiger charge is 2.30. The van der Waals surface area contributed by atoms with Crippen molar-refractivity contribution < 1.29 is 18.0 Å². The Kier molecular flexibility index (Phi) is 5.65. The highest BCUT2D eigenvalue weighted by Crippen LogP contribution is 2.33. The van der Waals surface area contributed by atoms with E-state index in [1.165, 1.54) is 12.3 Å². The van der Waals surface area contributed by atoms with Gasteiger partial charge in [0.15, 0.2) is 0 Å². The highest BCUT2D eigenvalue weighted by molar-refractivity contribution is 9.10. The molecule has 1 heterocycles. The zero-order valence-electron chi connectivity index (χ0n) is 15.9. The van der Waals surface area contributed by atoms with Crippen LogP contribution in [0.2, 0.25) is 0 Å². The van der Waals surface area contributed by atoms with Crippen LogP contribution in [-0.4, -0.2) is 10.9 Å². The van der Waals surface area contributed by atoms with Crippen molar-refractivity contribution in [2.45, 2.75) is 6.18 Å². The quantitative estimate of drug-likeness (QED) is 0.326. The average Bonchev–Trinajstić information content (AvgIpc) is 2.75. The lowest BCUT2D eigenvalue weighted by molar-refractivity contribution is -0.137. The van der Waals surface area contributed by atoms with E-state index in [1.54, 1.807) is 42.5 Å². The smallest absolute Gasteiger partial charge is 0.355 e. The van der Waals surface area contributed by atoms with Crippen LogP contribution in [0, 0.1) is 0 Å². The van der Waals surface area contributed by atoms with Gasteiger partial charge in [0.25, 0.3) is 5.91 Å². The third kappa shape index (κ3) is 4.86. The molecule has 8 heteroatoms. The highest BCUT2D eigenvalue weighted by atomic mass is 79.9. The molecule has 0 radical (unpaired) electrons. The van der Waals surface area contributed by atoms with Crippen LogP contribution in [0.5, 0.6) is 0 Å². The first-order chi connectivity index (χ1) is 14.8.